The van der Waals surface area contributed by atoms with Crippen LogP contribution in [0.15, 0.2) is 70.1 Å². The number of nitrogens with two attached hydrogens (primary N) is 2. The van der Waals surface area contributed by atoms with Crippen molar-refractivity contribution in [3.05, 3.63) is 66.6 Å². The van der Waals surface area contributed by atoms with Crippen LogP contribution in [0, 0.1) is 0 Å². The van der Waals surface area contributed by atoms with E-state index in [0.29, 0.717) is 11.7 Å². The van der Waals surface area contributed by atoms with Crippen LogP contribution in [-0.2, 0) is 6.54 Å². The number of aliphatic imine (C=N–C) groups is 1. The van der Waals surface area contributed by atoms with Crippen molar-refractivity contribution in [2.45, 2.75) is 6.54 Å². The molecule has 0 aliphatic heterocycles. The summed E-state index contributed by atoms with van der Waals surface area (Å²) >= 11 is 0. The van der Waals surface area contributed by atoms with Gasteiger partial charge in [-0.15, -0.1) is 0 Å². The second kappa shape index (κ2) is 6.13. The first kappa shape index (κ1) is 13.9. The number of rotatable bonds is 4. The van der Waals surface area contributed by atoms with E-state index in [-0.39, 0.29) is 12.5 Å². The summed E-state index contributed by atoms with van der Waals surface area (Å²) in [7, 11) is 0. The van der Waals surface area contributed by atoms with Gasteiger partial charge < -0.3 is 15.9 Å². The van der Waals surface area contributed by atoms with Crippen LogP contribution in [0.1, 0.15) is 5.89 Å². The van der Waals surface area contributed by atoms with Crippen molar-refractivity contribution in [3.63, 3.8) is 0 Å². The lowest BCUT2D eigenvalue weighted by atomic mass is 10.1. The fourth-order valence-corrected chi connectivity index (χ4v) is 2.17. The molecule has 5 heteroatoms. The van der Waals surface area contributed by atoms with E-state index in [1.54, 1.807) is 0 Å². The van der Waals surface area contributed by atoms with E-state index in [0.717, 1.165) is 16.8 Å². The Labute approximate surface area is 128 Å². The molecule has 0 unspecified atom stereocenters. The lowest BCUT2D eigenvalue weighted by Crippen LogP contribution is -2.22. The Morgan fingerprint density at radius 2 is 1.50 bits per heavy atom. The third-order valence-corrected chi connectivity index (χ3v) is 3.15. The van der Waals surface area contributed by atoms with Gasteiger partial charge in [0.2, 0.25) is 5.89 Å². The summed E-state index contributed by atoms with van der Waals surface area (Å²) in [4.78, 5) is 8.50. The van der Waals surface area contributed by atoms with Crippen LogP contribution in [0.2, 0.25) is 0 Å². The van der Waals surface area contributed by atoms with E-state index < -0.39 is 0 Å². The van der Waals surface area contributed by atoms with E-state index in [1.807, 2.05) is 60.7 Å². The smallest absolute Gasteiger partial charge is 0.217 e. The molecule has 4 N–H and O–H groups in total. The second-order valence-corrected chi connectivity index (χ2v) is 4.76. The van der Waals surface area contributed by atoms with Crippen molar-refractivity contribution in [2.24, 2.45) is 16.5 Å². The van der Waals surface area contributed by atoms with Crippen molar-refractivity contribution < 1.29 is 4.42 Å². The lowest BCUT2D eigenvalue weighted by Gasteiger charge is -2.00. The molecular formula is C17H16N4O. The van der Waals surface area contributed by atoms with Crippen LogP contribution in [0.5, 0.6) is 0 Å². The summed E-state index contributed by atoms with van der Waals surface area (Å²) < 4.78 is 5.88. The van der Waals surface area contributed by atoms with E-state index in [2.05, 4.69) is 9.98 Å². The molecule has 1 heterocycles. The Balaban J connectivity index is 2.08. The minimum absolute atomic E-state index is 0.0146. The van der Waals surface area contributed by atoms with Gasteiger partial charge in [0.25, 0.3) is 0 Å². The van der Waals surface area contributed by atoms with Crippen LogP contribution in [0.25, 0.3) is 22.6 Å². The molecule has 0 bridgehead atoms. The summed E-state index contributed by atoms with van der Waals surface area (Å²) in [6.45, 7) is 0.217. The van der Waals surface area contributed by atoms with E-state index in [4.69, 9.17) is 15.9 Å². The molecule has 1 aromatic heterocycles. The number of hydrogen-bond acceptors (Lipinski definition) is 3. The molecule has 5 nitrogen and oxygen atoms in total. The van der Waals surface area contributed by atoms with Crippen molar-refractivity contribution in [3.8, 4) is 22.6 Å². The van der Waals surface area contributed by atoms with Gasteiger partial charge in [0, 0.05) is 11.1 Å². The molecule has 22 heavy (non-hydrogen) atoms. The van der Waals surface area contributed by atoms with Gasteiger partial charge in [-0.1, -0.05) is 60.7 Å². The van der Waals surface area contributed by atoms with Crippen LogP contribution in [0.3, 0.4) is 0 Å². The quantitative estimate of drug-likeness (QED) is 0.571. The standard InChI is InChI=1S/C17H16N4O/c18-17(19)20-11-14-21-15(12-7-3-1-4-8-12)16(22-14)13-9-5-2-6-10-13/h1-10H,11H2,(H4,18,19,20). The molecule has 0 aliphatic rings. The zero-order valence-electron chi connectivity index (χ0n) is 11.9. The van der Waals surface area contributed by atoms with Crippen LogP contribution < -0.4 is 11.5 Å². The third kappa shape index (κ3) is 2.98. The number of benzene rings is 2. The maximum absolute atomic E-state index is 5.88. The summed E-state index contributed by atoms with van der Waals surface area (Å²) in [5.41, 5.74) is 13.5. The number of nitrogens with zero attached hydrogens (tertiary/aromatic N) is 2. The SMILES string of the molecule is NC(N)=NCc1nc(-c2ccccc2)c(-c2ccccc2)o1. The average molecular weight is 292 g/mol. The number of aromatic nitrogens is 1. The average Bonchev–Trinajstić information content (AvgIpc) is 2.99. The molecule has 110 valence electrons. The van der Waals surface area contributed by atoms with Crippen molar-refractivity contribution in [1.29, 1.82) is 0 Å². The molecule has 2 aromatic carbocycles. The Bertz CT molecular complexity index is 718. The van der Waals surface area contributed by atoms with Crippen LogP contribution in [0.4, 0.5) is 0 Å². The Kier molecular flexibility index (Phi) is 3.87. The normalized spacial score (nSPS) is 10.4. The fraction of sp³-hybridized carbons (Fsp3) is 0.0588. The second-order valence-electron chi connectivity index (χ2n) is 4.76. The molecule has 0 amide bonds. The first-order valence-corrected chi connectivity index (χ1v) is 6.90. The van der Waals surface area contributed by atoms with Crippen molar-refractivity contribution >= 4 is 5.96 Å². The van der Waals surface area contributed by atoms with Gasteiger partial charge in [0.15, 0.2) is 11.7 Å². The molecule has 3 aromatic rings. The Hall–Kier alpha value is -3.08. The molecule has 0 atom stereocenters. The maximum Gasteiger partial charge on any atom is 0.217 e. The Morgan fingerprint density at radius 3 is 2.09 bits per heavy atom. The molecule has 0 radical (unpaired) electrons. The lowest BCUT2D eigenvalue weighted by molar-refractivity contribution is 0.510. The molecule has 0 spiro atoms. The highest BCUT2D eigenvalue weighted by Gasteiger charge is 2.16. The molecule has 0 saturated heterocycles. The highest BCUT2D eigenvalue weighted by atomic mass is 16.4. The molecule has 0 fully saturated rings. The highest BCUT2D eigenvalue weighted by molar-refractivity contribution is 5.77. The molecule has 0 aliphatic carbocycles. The van der Waals surface area contributed by atoms with Gasteiger partial charge in [-0.25, -0.2) is 9.98 Å². The van der Waals surface area contributed by atoms with Crippen LogP contribution in [-0.4, -0.2) is 10.9 Å². The van der Waals surface area contributed by atoms with Gasteiger partial charge in [-0.05, 0) is 0 Å². The summed E-state index contributed by atoms with van der Waals surface area (Å²) in [5.74, 6) is 1.21. The topological polar surface area (TPSA) is 90.4 Å². The molecular weight excluding hydrogens is 276 g/mol. The van der Waals surface area contributed by atoms with Gasteiger partial charge in [-0.3, -0.25) is 0 Å². The zero-order chi connectivity index (χ0) is 15.4. The first-order valence-electron chi connectivity index (χ1n) is 6.90. The third-order valence-electron chi connectivity index (χ3n) is 3.15. The number of guanidine groups is 1. The largest absolute Gasteiger partial charge is 0.438 e. The minimum Gasteiger partial charge on any atom is -0.438 e. The predicted octanol–water partition coefficient (Wildman–Crippen LogP) is 2.78. The highest BCUT2D eigenvalue weighted by Crippen LogP contribution is 2.32. The van der Waals surface area contributed by atoms with Gasteiger partial charge in [0.05, 0.1) is 0 Å². The summed E-state index contributed by atoms with van der Waals surface area (Å²) in [5, 5.41) is 0. The van der Waals surface area contributed by atoms with Gasteiger partial charge in [0.1, 0.15) is 12.2 Å². The monoisotopic (exact) mass is 292 g/mol. The van der Waals surface area contributed by atoms with E-state index >= 15 is 0 Å². The summed E-state index contributed by atoms with van der Waals surface area (Å²) in [6.07, 6.45) is 0. The number of oxazole rings is 1. The number of hydrogen-bond donors (Lipinski definition) is 2. The first-order chi connectivity index (χ1) is 10.7. The fourth-order valence-electron chi connectivity index (χ4n) is 2.17. The zero-order valence-corrected chi connectivity index (χ0v) is 11.9. The molecule has 3 rings (SSSR count). The Morgan fingerprint density at radius 1 is 0.909 bits per heavy atom. The van der Waals surface area contributed by atoms with Gasteiger partial charge >= 0.3 is 0 Å². The summed E-state index contributed by atoms with van der Waals surface area (Å²) in [6, 6.07) is 19.7. The van der Waals surface area contributed by atoms with Gasteiger partial charge in [-0.2, -0.15) is 0 Å². The van der Waals surface area contributed by atoms with Crippen molar-refractivity contribution in [1.82, 2.24) is 4.98 Å². The van der Waals surface area contributed by atoms with E-state index in [1.165, 1.54) is 0 Å². The van der Waals surface area contributed by atoms with Crippen LogP contribution >= 0.6 is 0 Å². The minimum atomic E-state index is 0.0146. The van der Waals surface area contributed by atoms with E-state index in [9.17, 15) is 0 Å². The molecule has 0 saturated carbocycles. The van der Waals surface area contributed by atoms with Crippen molar-refractivity contribution in [2.75, 3.05) is 0 Å². The predicted molar refractivity (Wildman–Crippen MR) is 86.9 cm³/mol. The maximum atomic E-state index is 5.88.